The van der Waals surface area contributed by atoms with Crippen molar-refractivity contribution >= 4 is 11.6 Å². The van der Waals surface area contributed by atoms with Crippen molar-refractivity contribution in [2.75, 3.05) is 11.9 Å². The molecule has 20 heavy (non-hydrogen) atoms. The summed E-state index contributed by atoms with van der Waals surface area (Å²) < 4.78 is 13.2. The topological polar surface area (TPSA) is 41.1 Å². The minimum atomic E-state index is -0.281. The Morgan fingerprint density at radius 3 is 2.55 bits per heavy atom. The van der Waals surface area contributed by atoms with E-state index < -0.39 is 0 Å². The lowest BCUT2D eigenvalue weighted by Crippen LogP contribution is -2.38. The highest BCUT2D eigenvalue weighted by Gasteiger charge is 2.14. The first-order valence-corrected chi connectivity index (χ1v) is 7.44. The molecule has 110 valence electrons. The van der Waals surface area contributed by atoms with E-state index in [4.69, 9.17) is 0 Å². The number of rotatable bonds is 4. The van der Waals surface area contributed by atoms with Crippen LogP contribution >= 0.6 is 0 Å². The molecule has 0 atom stereocenters. The van der Waals surface area contributed by atoms with Crippen molar-refractivity contribution in [3.05, 3.63) is 29.6 Å². The van der Waals surface area contributed by atoms with Crippen LogP contribution in [0.25, 0.3) is 0 Å². The predicted molar refractivity (Wildman–Crippen MR) is 79.3 cm³/mol. The van der Waals surface area contributed by atoms with Gasteiger partial charge in [-0.1, -0.05) is 25.7 Å². The Labute approximate surface area is 120 Å². The Balaban J connectivity index is 1.79. The highest BCUT2D eigenvalue weighted by atomic mass is 19.1. The molecule has 0 aromatic heterocycles. The molecular formula is C16H23FN2O. The number of amides is 1. The van der Waals surface area contributed by atoms with E-state index in [0.29, 0.717) is 11.7 Å². The second-order valence-electron chi connectivity index (χ2n) is 5.63. The van der Waals surface area contributed by atoms with Crippen molar-refractivity contribution in [3.63, 3.8) is 0 Å². The van der Waals surface area contributed by atoms with Crippen LogP contribution in [0.3, 0.4) is 0 Å². The number of aryl methyl sites for hydroxylation is 1. The van der Waals surface area contributed by atoms with E-state index in [2.05, 4.69) is 10.6 Å². The molecular weight excluding hydrogens is 255 g/mol. The third kappa shape index (κ3) is 4.83. The minimum absolute atomic E-state index is 0.0150. The highest BCUT2D eigenvalue weighted by molar-refractivity contribution is 5.81. The van der Waals surface area contributed by atoms with Crippen molar-refractivity contribution < 1.29 is 9.18 Å². The number of benzene rings is 1. The number of nitrogens with one attached hydrogen (secondary N) is 2. The Morgan fingerprint density at radius 2 is 1.90 bits per heavy atom. The van der Waals surface area contributed by atoms with Crippen LogP contribution in [0.4, 0.5) is 10.1 Å². The maximum absolute atomic E-state index is 13.2. The van der Waals surface area contributed by atoms with Crippen LogP contribution in [0.1, 0.15) is 44.1 Å². The van der Waals surface area contributed by atoms with Gasteiger partial charge in [-0.2, -0.15) is 0 Å². The zero-order valence-electron chi connectivity index (χ0n) is 12.0. The average Bonchev–Trinajstić information content (AvgIpc) is 2.64. The smallest absolute Gasteiger partial charge is 0.239 e. The third-order valence-electron chi connectivity index (χ3n) is 3.72. The molecule has 1 aromatic rings. The van der Waals surface area contributed by atoms with Gasteiger partial charge in [0.2, 0.25) is 5.91 Å². The van der Waals surface area contributed by atoms with Gasteiger partial charge in [0.25, 0.3) is 0 Å². The standard InChI is InChI=1S/C16H23FN2O/c1-12-8-13(17)10-15(9-12)18-11-16(20)19-14-6-4-2-3-5-7-14/h8-10,14,18H,2-7,11H2,1H3,(H,19,20). The van der Waals surface area contributed by atoms with Crippen molar-refractivity contribution in [3.8, 4) is 0 Å². The number of halogens is 1. The first-order chi connectivity index (χ1) is 9.63. The van der Waals surface area contributed by atoms with Gasteiger partial charge in [0, 0.05) is 11.7 Å². The van der Waals surface area contributed by atoms with Gasteiger partial charge in [0.1, 0.15) is 5.82 Å². The van der Waals surface area contributed by atoms with Crippen LogP contribution in [-0.4, -0.2) is 18.5 Å². The van der Waals surface area contributed by atoms with E-state index in [0.717, 1.165) is 18.4 Å². The molecule has 1 aliphatic carbocycles. The van der Waals surface area contributed by atoms with E-state index in [1.807, 2.05) is 13.0 Å². The number of carbonyl (C=O) groups is 1. The van der Waals surface area contributed by atoms with E-state index in [-0.39, 0.29) is 18.3 Å². The highest BCUT2D eigenvalue weighted by Crippen LogP contribution is 2.17. The quantitative estimate of drug-likeness (QED) is 0.829. The first kappa shape index (κ1) is 14.8. The average molecular weight is 278 g/mol. The predicted octanol–water partition coefficient (Wildman–Crippen LogP) is 3.39. The van der Waals surface area contributed by atoms with Crippen LogP contribution in [0.5, 0.6) is 0 Å². The van der Waals surface area contributed by atoms with Crippen LogP contribution in [-0.2, 0) is 4.79 Å². The molecule has 1 amide bonds. The van der Waals surface area contributed by atoms with Gasteiger partial charge >= 0.3 is 0 Å². The summed E-state index contributed by atoms with van der Waals surface area (Å²) in [5.41, 5.74) is 1.50. The normalized spacial score (nSPS) is 16.5. The summed E-state index contributed by atoms with van der Waals surface area (Å²) in [5.74, 6) is -0.296. The van der Waals surface area contributed by atoms with Crippen molar-refractivity contribution in [1.82, 2.24) is 5.32 Å². The fourth-order valence-electron chi connectivity index (χ4n) is 2.72. The second-order valence-corrected chi connectivity index (χ2v) is 5.63. The van der Waals surface area contributed by atoms with Crippen molar-refractivity contribution in [1.29, 1.82) is 0 Å². The number of hydrogen-bond donors (Lipinski definition) is 2. The van der Waals surface area contributed by atoms with Crippen LogP contribution in [0.2, 0.25) is 0 Å². The first-order valence-electron chi connectivity index (χ1n) is 7.44. The van der Waals surface area contributed by atoms with Gasteiger partial charge in [-0.05, 0) is 43.5 Å². The molecule has 2 rings (SSSR count). The molecule has 3 nitrogen and oxygen atoms in total. The molecule has 1 saturated carbocycles. The summed E-state index contributed by atoms with van der Waals surface area (Å²) in [4.78, 5) is 11.9. The fourth-order valence-corrected chi connectivity index (χ4v) is 2.72. The molecule has 0 bridgehead atoms. The van der Waals surface area contributed by atoms with Crippen LogP contribution < -0.4 is 10.6 Å². The van der Waals surface area contributed by atoms with Crippen molar-refractivity contribution in [2.45, 2.75) is 51.5 Å². The molecule has 0 aliphatic heterocycles. The Hall–Kier alpha value is -1.58. The van der Waals surface area contributed by atoms with Gasteiger partial charge < -0.3 is 10.6 Å². The molecule has 0 heterocycles. The van der Waals surface area contributed by atoms with E-state index in [1.165, 1.54) is 37.8 Å². The van der Waals surface area contributed by atoms with Crippen LogP contribution in [0, 0.1) is 12.7 Å². The van der Waals surface area contributed by atoms with Crippen LogP contribution in [0.15, 0.2) is 18.2 Å². The SMILES string of the molecule is Cc1cc(F)cc(NCC(=O)NC2CCCCCC2)c1. The molecule has 0 saturated heterocycles. The summed E-state index contributed by atoms with van der Waals surface area (Å²) in [7, 11) is 0. The molecule has 1 aromatic carbocycles. The maximum atomic E-state index is 13.2. The molecule has 1 fully saturated rings. The molecule has 0 spiro atoms. The van der Waals surface area contributed by atoms with Gasteiger partial charge in [-0.15, -0.1) is 0 Å². The summed E-state index contributed by atoms with van der Waals surface area (Å²) in [6.07, 6.45) is 7.08. The Bertz CT molecular complexity index is 434. The van der Waals surface area contributed by atoms with Gasteiger partial charge in [0.05, 0.1) is 6.54 Å². The van der Waals surface area contributed by atoms with Gasteiger partial charge in [-0.25, -0.2) is 4.39 Å². The maximum Gasteiger partial charge on any atom is 0.239 e. The zero-order valence-corrected chi connectivity index (χ0v) is 12.0. The lowest BCUT2D eigenvalue weighted by atomic mass is 10.1. The second kappa shape index (κ2) is 7.27. The van der Waals surface area contributed by atoms with E-state index >= 15 is 0 Å². The summed E-state index contributed by atoms with van der Waals surface area (Å²) in [5, 5.41) is 6.04. The molecule has 4 heteroatoms. The molecule has 0 unspecified atom stereocenters. The minimum Gasteiger partial charge on any atom is -0.376 e. The fraction of sp³-hybridized carbons (Fsp3) is 0.562. The number of carbonyl (C=O) groups excluding carboxylic acids is 1. The number of hydrogen-bond acceptors (Lipinski definition) is 2. The summed E-state index contributed by atoms with van der Waals surface area (Å²) in [6.45, 7) is 2.03. The van der Waals surface area contributed by atoms with E-state index in [1.54, 1.807) is 0 Å². The Kier molecular flexibility index (Phi) is 5.39. The molecule has 1 aliphatic rings. The summed E-state index contributed by atoms with van der Waals surface area (Å²) >= 11 is 0. The van der Waals surface area contributed by atoms with Crippen molar-refractivity contribution in [2.24, 2.45) is 0 Å². The molecule has 0 radical (unpaired) electrons. The Morgan fingerprint density at radius 1 is 1.20 bits per heavy atom. The lowest BCUT2D eigenvalue weighted by molar-refractivity contribution is -0.120. The van der Waals surface area contributed by atoms with Gasteiger partial charge in [0.15, 0.2) is 0 Å². The number of anilines is 1. The largest absolute Gasteiger partial charge is 0.376 e. The monoisotopic (exact) mass is 278 g/mol. The van der Waals surface area contributed by atoms with Gasteiger partial charge in [-0.3, -0.25) is 4.79 Å². The summed E-state index contributed by atoms with van der Waals surface area (Å²) in [6, 6.07) is 5.02. The molecule has 2 N–H and O–H groups in total. The lowest BCUT2D eigenvalue weighted by Gasteiger charge is -2.16. The van der Waals surface area contributed by atoms with E-state index in [9.17, 15) is 9.18 Å². The third-order valence-corrected chi connectivity index (χ3v) is 3.72. The zero-order chi connectivity index (χ0) is 14.4.